The highest BCUT2D eigenvalue weighted by atomic mass is 35.5. The van der Waals surface area contributed by atoms with Crippen LogP contribution in [0.15, 0.2) is 4.40 Å². The van der Waals surface area contributed by atoms with E-state index in [1.165, 1.54) is 0 Å². The van der Waals surface area contributed by atoms with Gasteiger partial charge < -0.3 is 0 Å². The normalized spacial score (nSPS) is 14.5. The van der Waals surface area contributed by atoms with Gasteiger partial charge in [-0.25, -0.2) is 0 Å². The van der Waals surface area contributed by atoms with E-state index in [2.05, 4.69) is 4.40 Å². The molecule has 0 aliphatic rings. The maximum atomic E-state index is 11.5. The zero-order valence-electron chi connectivity index (χ0n) is 5.22. The summed E-state index contributed by atoms with van der Waals surface area (Å²) in [5.41, 5.74) is -5.41. The molecule has 3 nitrogen and oxygen atoms in total. The molecule has 9 heteroatoms. The molecule has 0 rings (SSSR count). The van der Waals surface area contributed by atoms with E-state index in [1.807, 2.05) is 0 Å². The Hall–Kier alpha value is -0.0100. The molecule has 0 heterocycles. The van der Waals surface area contributed by atoms with Crippen LogP contribution in [-0.4, -0.2) is 25.0 Å². The molecule has 0 aromatic heterocycles. The predicted octanol–water partition coefficient (Wildman–Crippen LogP) is 1.71. The van der Waals surface area contributed by atoms with Gasteiger partial charge >= 0.3 is 15.5 Å². The van der Waals surface area contributed by atoms with E-state index in [4.69, 9.17) is 23.2 Å². The minimum Gasteiger partial charge on any atom is -0.195 e. The Morgan fingerprint density at radius 1 is 1.33 bits per heavy atom. The number of rotatable bonds is 2. The van der Waals surface area contributed by atoms with Crippen LogP contribution in [0.1, 0.15) is 0 Å². The standard InChI is InChI=1S/C3H2Cl2F3NO2S/c4-2(5)1-9-12(10,11)3(6,7)8/h1-2H. The summed E-state index contributed by atoms with van der Waals surface area (Å²) in [6.07, 6.45) is 0.270. The fraction of sp³-hybridized carbons (Fsp3) is 0.667. The Balaban J connectivity index is 4.69. The molecular formula is C3H2Cl2F3NO2S. The quantitative estimate of drug-likeness (QED) is 0.548. The van der Waals surface area contributed by atoms with Crippen LogP contribution in [0.4, 0.5) is 13.2 Å². The van der Waals surface area contributed by atoms with Gasteiger partial charge in [0.05, 0.1) is 6.21 Å². The zero-order chi connectivity index (χ0) is 9.99. The van der Waals surface area contributed by atoms with Crippen molar-refractivity contribution in [2.45, 2.75) is 10.3 Å². The van der Waals surface area contributed by atoms with Crippen molar-refractivity contribution in [2.75, 3.05) is 0 Å². The van der Waals surface area contributed by atoms with Crippen molar-refractivity contribution in [3.8, 4) is 0 Å². The first kappa shape index (κ1) is 12.0. The summed E-state index contributed by atoms with van der Waals surface area (Å²) in [4.78, 5) is -1.39. The largest absolute Gasteiger partial charge is 0.518 e. The SMILES string of the molecule is O=S(=O)(N=CC(Cl)Cl)C(F)(F)F. The van der Waals surface area contributed by atoms with Crippen molar-refractivity contribution >= 4 is 39.4 Å². The van der Waals surface area contributed by atoms with Gasteiger partial charge in [-0.1, -0.05) is 23.2 Å². The summed E-state index contributed by atoms with van der Waals surface area (Å²) in [6.45, 7) is 0. The lowest BCUT2D eigenvalue weighted by Crippen LogP contribution is -2.21. The average molecular weight is 244 g/mol. The minimum absolute atomic E-state index is 0.270. The van der Waals surface area contributed by atoms with Crippen molar-refractivity contribution in [1.82, 2.24) is 0 Å². The molecule has 0 spiro atoms. The van der Waals surface area contributed by atoms with Crippen LogP contribution in [-0.2, 0) is 10.0 Å². The molecule has 0 saturated carbocycles. The Morgan fingerprint density at radius 2 is 1.75 bits per heavy atom. The highest BCUT2D eigenvalue weighted by molar-refractivity contribution is 7.91. The first-order chi connectivity index (χ1) is 5.17. The summed E-state index contributed by atoms with van der Waals surface area (Å²) in [5.74, 6) is 0. The van der Waals surface area contributed by atoms with E-state index in [1.54, 1.807) is 0 Å². The summed E-state index contributed by atoms with van der Waals surface area (Å²) in [6, 6.07) is 0. The molecule has 0 saturated heterocycles. The third kappa shape index (κ3) is 3.59. The van der Waals surface area contributed by atoms with E-state index < -0.39 is 20.4 Å². The van der Waals surface area contributed by atoms with E-state index in [0.29, 0.717) is 0 Å². The topological polar surface area (TPSA) is 46.5 Å². The van der Waals surface area contributed by atoms with Gasteiger partial charge in [-0.2, -0.15) is 26.0 Å². The molecule has 0 N–H and O–H groups in total. The number of hydrogen-bond acceptors (Lipinski definition) is 2. The summed E-state index contributed by atoms with van der Waals surface area (Å²) < 4.78 is 56.9. The Kier molecular flexibility index (Phi) is 3.80. The Bertz CT molecular complexity index is 270. The number of hydrogen-bond donors (Lipinski definition) is 0. The van der Waals surface area contributed by atoms with Crippen molar-refractivity contribution < 1.29 is 21.6 Å². The van der Waals surface area contributed by atoms with Gasteiger partial charge in [0.15, 0.2) is 0 Å². The van der Waals surface area contributed by atoms with Gasteiger partial charge in [-0.05, 0) is 0 Å². The lowest BCUT2D eigenvalue weighted by molar-refractivity contribution is -0.0435. The molecule has 0 aromatic carbocycles. The first-order valence-electron chi connectivity index (χ1n) is 2.31. The van der Waals surface area contributed by atoms with Gasteiger partial charge in [-0.3, -0.25) is 0 Å². The molecule has 0 bridgehead atoms. The first-order valence-corrected chi connectivity index (χ1v) is 4.63. The van der Waals surface area contributed by atoms with Crippen LogP contribution in [0.2, 0.25) is 0 Å². The molecule has 0 amide bonds. The lowest BCUT2D eigenvalue weighted by atomic mass is 10.9. The molecule has 0 unspecified atom stereocenters. The lowest BCUT2D eigenvalue weighted by Gasteiger charge is -2.01. The van der Waals surface area contributed by atoms with Crippen LogP contribution in [0.3, 0.4) is 0 Å². The van der Waals surface area contributed by atoms with Crippen LogP contribution in [0.5, 0.6) is 0 Å². The van der Waals surface area contributed by atoms with Gasteiger partial charge in [0, 0.05) is 0 Å². The van der Waals surface area contributed by atoms with Crippen molar-refractivity contribution in [3.05, 3.63) is 0 Å². The van der Waals surface area contributed by atoms with Crippen LogP contribution in [0.25, 0.3) is 0 Å². The second-order valence-electron chi connectivity index (χ2n) is 1.51. The fourth-order valence-corrected chi connectivity index (χ4v) is 0.834. The van der Waals surface area contributed by atoms with Crippen molar-refractivity contribution in [2.24, 2.45) is 4.40 Å². The second kappa shape index (κ2) is 3.80. The van der Waals surface area contributed by atoms with E-state index in [0.717, 1.165) is 0 Å². The minimum atomic E-state index is -5.49. The molecule has 0 radical (unpaired) electrons. The molecule has 12 heavy (non-hydrogen) atoms. The second-order valence-corrected chi connectivity index (χ2v) is 4.30. The monoisotopic (exact) mass is 243 g/mol. The number of nitrogens with zero attached hydrogens (tertiary/aromatic N) is 1. The molecule has 0 fully saturated rings. The highest BCUT2D eigenvalue weighted by Crippen LogP contribution is 2.24. The van der Waals surface area contributed by atoms with Gasteiger partial charge in [-0.15, -0.1) is 0 Å². The van der Waals surface area contributed by atoms with Gasteiger partial charge in [0.1, 0.15) is 4.84 Å². The molecule has 0 aliphatic heterocycles. The molecule has 72 valence electrons. The van der Waals surface area contributed by atoms with E-state index >= 15 is 0 Å². The third-order valence-corrected chi connectivity index (χ3v) is 1.81. The molecule has 0 aromatic rings. The van der Waals surface area contributed by atoms with E-state index in [9.17, 15) is 21.6 Å². The Morgan fingerprint density at radius 3 is 2.00 bits per heavy atom. The average Bonchev–Trinajstić information content (AvgIpc) is 1.81. The third-order valence-electron chi connectivity index (χ3n) is 0.605. The summed E-state index contributed by atoms with van der Waals surface area (Å²) in [7, 11) is -5.49. The summed E-state index contributed by atoms with van der Waals surface area (Å²) in [5, 5.41) is 0. The van der Waals surface area contributed by atoms with Crippen LogP contribution >= 0.6 is 23.2 Å². The maximum Gasteiger partial charge on any atom is 0.518 e. The van der Waals surface area contributed by atoms with Crippen molar-refractivity contribution in [3.63, 3.8) is 0 Å². The van der Waals surface area contributed by atoms with Crippen LogP contribution in [0, 0.1) is 0 Å². The van der Waals surface area contributed by atoms with E-state index in [-0.39, 0.29) is 6.21 Å². The maximum absolute atomic E-state index is 11.5. The molecule has 0 aliphatic carbocycles. The highest BCUT2D eigenvalue weighted by Gasteiger charge is 2.45. The summed E-state index contributed by atoms with van der Waals surface area (Å²) >= 11 is 9.84. The number of alkyl halides is 5. The smallest absolute Gasteiger partial charge is 0.195 e. The van der Waals surface area contributed by atoms with Crippen LogP contribution < -0.4 is 0 Å². The molecule has 0 atom stereocenters. The Labute approximate surface area is 76.2 Å². The van der Waals surface area contributed by atoms with Gasteiger partial charge in [0.25, 0.3) is 0 Å². The van der Waals surface area contributed by atoms with Gasteiger partial charge in [0.2, 0.25) is 0 Å². The van der Waals surface area contributed by atoms with Crippen molar-refractivity contribution in [1.29, 1.82) is 0 Å². The fourth-order valence-electron chi connectivity index (χ4n) is 0.186. The predicted molar refractivity (Wildman–Crippen MR) is 39.0 cm³/mol. The number of sulfonamides is 1. The number of halogens is 5. The molecular weight excluding hydrogens is 242 g/mol. The zero-order valence-corrected chi connectivity index (χ0v) is 7.54.